The maximum absolute atomic E-state index is 5.73. The molecule has 0 saturated heterocycles. The van der Waals surface area contributed by atoms with Crippen LogP contribution in [0.25, 0.3) is 0 Å². The highest BCUT2D eigenvalue weighted by Gasteiger charge is 2.06. The number of nitrogens with two attached hydrogens (primary N) is 1. The molecular weight excluding hydrogens is 258 g/mol. The van der Waals surface area contributed by atoms with Crippen LogP contribution in [0.5, 0.6) is 11.5 Å². The zero-order valence-corrected chi connectivity index (χ0v) is 11.6. The van der Waals surface area contributed by atoms with Crippen LogP contribution in [0.3, 0.4) is 0 Å². The number of benzene rings is 1. The Morgan fingerprint density at radius 2 is 1.75 bits per heavy atom. The molecule has 0 bridgehead atoms. The molecule has 0 spiro atoms. The lowest BCUT2D eigenvalue weighted by molar-refractivity contribution is 0.395. The molecule has 1 aromatic carbocycles. The Morgan fingerprint density at radius 3 is 2.30 bits per heavy atom. The summed E-state index contributed by atoms with van der Waals surface area (Å²) in [7, 11) is 4.94. The number of nitrogens with one attached hydrogen (secondary N) is 2. The third-order valence-corrected chi connectivity index (χ3v) is 2.66. The van der Waals surface area contributed by atoms with Crippen molar-refractivity contribution < 1.29 is 9.47 Å². The normalized spacial score (nSPS) is 9.95. The van der Waals surface area contributed by atoms with E-state index in [-0.39, 0.29) is 0 Å². The smallest absolute Gasteiger partial charge is 0.229 e. The lowest BCUT2D eigenvalue weighted by Crippen LogP contribution is -2.04. The Balaban J connectivity index is 2.29. The summed E-state index contributed by atoms with van der Waals surface area (Å²) >= 11 is 0. The summed E-state index contributed by atoms with van der Waals surface area (Å²) in [4.78, 5) is 8.38. The van der Waals surface area contributed by atoms with E-state index >= 15 is 0 Å². The zero-order chi connectivity index (χ0) is 14.5. The van der Waals surface area contributed by atoms with Crippen LogP contribution < -0.4 is 25.8 Å². The fraction of sp³-hybridized carbons (Fsp3) is 0.231. The molecule has 0 unspecified atom stereocenters. The van der Waals surface area contributed by atoms with Gasteiger partial charge in [-0.2, -0.15) is 4.98 Å². The fourth-order valence-electron chi connectivity index (χ4n) is 1.66. The predicted molar refractivity (Wildman–Crippen MR) is 78.8 cm³/mol. The highest BCUT2D eigenvalue weighted by atomic mass is 16.5. The molecule has 0 amide bonds. The van der Waals surface area contributed by atoms with E-state index in [9.17, 15) is 0 Å². The molecule has 0 radical (unpaired) electrons. The van der Waals surface area contributed by atoms with E-state index in [2.05, 4.69) is 20.6 Å². The summed E-state index contributed by atoms with van der Waals surface area (Å²) in [6.45, 7) is 0. The Morgan fingerprint density at radius 1 is 1.10 bits per heavy atom. The van der Waals surface area contributed by atoms with Crippen molar-refractivity contribution >= 4 is 23.1 Å². The number of nitrogen functional groups attached to an aromatic ring is 1. The highest BCUT2D eigenvalue weighted by molar-refractivity contribution is 5.65. The van der Waals surface area contributed by atoms with E-state index in [4.69, 9.17) is 15.2 Å². The van der Waals surface area contributed by atoms with Crippen molar-refractivity contribution in [2.45, 2.75) is 0 Å². The molecule has 7 heteroatoms. The Labute approximate surface area is 117 Å². The topological polar surface area (TPSA) is 94.3 Å². The molecule has 1 aromatic heterocycles. The lowest BCUT2D eigenvalue weighted by Gasteiger charge is -2.11. The number of anilines is 4. The van der Waals surface area contributed by atoms with Crippen molar-refractivity contribution in [3.63, 3.8) is 0 Å². The van der Waals surface area contributed by atoms with E-state index in [0.29, 0.717) is 29.0 Å². The third kappa shape index (κ3) is 3.00. The first-order valence-corrected chi connectivity index (χ1v) is 5.96. The summed E-state index contributed by atoms with van der Waals surface area (Å²) < 4.78 is 10.4. The predicted octanol–water partition coefficient (Wildman–Crippen LogP) is 1.86. The SMILES string of the molecule is CNc1nc(Nc2cc(OC)cc(OC)c2)ncc1N. The minimum absolute atomic E-state index is 0.429. The number of hydrogen-bond acceptors (Lipinski definition) is 7. The number of aromatic nitrogens is 2. The van der Waals surface area contributed by atoms with Crippen LogP contribution in [0.4, 0.5) is 23.1 Å². The van der Waals surface area contributed by atoms with Gasteiger partial charge in [0.1, 0.15) is 11.5 Å². The van der Waals surface area contributed by atoms with Crippen LogP contribution in [-0.4, -0.2) is 31.2 Å². The van der Waals surface area contributed by atoms with E-state index in [0.717, 1.165) is 5.69 Å². The largest absolute Gasteiger partial charge is 0.497 e. The molecular formula is C13H17N5O2. The maximum Gasteiger partial charge on any atom is 0.229 e. The molecule has 0 aliphatic heterocycles. The Hall–Kier alpha value is -2.70. The standard InChI is InChI=1S/C13H17N5O2/c1-15-12-11(14)7-16-13(18-12)17-8-4-9(19-2)6-10(5-8)20-3/h4-7H,14H2,1-3H3,(H2,15,16,17,18). The highest BCUT2D eigenvalue weighted by Crippen LogP contribution is 2.27. The van der Waals surface area contributed by atoms with Crippen LogP contribution in [0, 0.1) is 0 Å². The van der Waals surface area contributed by atoms with E-state index in [1.165, 1.54) is 0 Å². The van der Waals surface area contributed by atoms with Gasteiger partial charge in [0.2, 0.25) is 5.95 Å². The summed E-state index contributed by atoms with van der Waals surface area (Å²) in [5.41, 5.74) is 6.97. The third-order valence-electron chi connectivity index (χ3n) is 2.66. The molecule has 0 aliphatic carbocycles. The van der Waals surface area contributed by atoms with E-state index in [1.807, 2.05) is 12.1 Å². The number of rotatable bonds is 5. The van der Waals surface area contributed by atoms with Gasteiger partial charge in [0.15, 0.2) is 5.82 Å². The minimum atomic E-state index is 0.429. The molecule has 2 rings (SSSR count). The number of ether oxygens (including phenoxy) is 2. The summed E-state index contributed by atoms with van der Waals surface area (Å²) in [5, 5.41) is 5.98. The molecule has 0 aliphatic rings. The average molecular weight is 275 g/mol. The first kappa shape index (κ1) is 13.7. The van der Waals surface area contributed by atoms with Gasteiger partial charge in [0.05, 0.1) is 26.1 Å². The van der Waals surface area contributed by atoms with Gasteiger partial charge < -0.3 is 25.8 Å². The van der Waals surface area contributed by atoms with Crippen molar-refractivity contribution in [3.05, 3.63) is 24.4 Å². The molecule has 4 N–H and O–H groups in total. The zero-order valence-electron chi connectivity index (χ0n) is 11.6. The average Bonchev–Trinajstić information content (AvgIpc) is 2.48. The quantitative estimate of drug-likeness (QED) is 0.766. The van der Waals surface area contributed by atoms with Gasteiger partial charge in [0.25, 0.3) is 0 Å². The monoisotopic (exact) mass is 275 g/mol. The van der Waals surface area contributed by atoms with Crippen molar-refractivity contribution in [2.75, 3.05) is 37.6 Å². The Kier molecular flexibility index (Phi) is 4.09. The van der Waals surface area contributed by atoms with Crippen molar-refractivity contribution in [1.82, 2.24) is 9.97 Å². The number of methoxy groups -OCH3 is 2. The summed E-state index contributed by atoms with van der Waals surface area (Å²) in [5.74, 6) is 2.35. The van der Waals surface area contributed by atoms with Crippen LogP contribution in [0.1, 0.15) is 0 Å². The summed E-state index contributed by atoms with van der Waals surface area (Å²) in [6, 6.07) is 5.43. The van der Waals surface area contributed by atoms with E-state index in [1.54, 1.807) is 33.5 Å². The van der Waals surface area contributed by atoms with Gasteiger partial charge >= 0.3 is 0 Å². The second-order valence-electron chi connectivity index (χ2n) is 3.97. The van der Waals surface area contributed by atoms with Gasteiger partial charge in [0, 0.05) is 30.9 Å². The first-order valence-electron chi connectivity index (χ1n) is 5.96. The molecule has 7 nitrogen and oxygen atoms in total. The molecule has 20 heavy (non-hydrogen) atoms. The van der Waals surface area contributed by atoms with Crippen LogP contribution in [0.2, 0.25) is 0 Å². The Bertz CT molecular complexity index is 581. The minimum Gasteiger partial charge on any atom is -0.497 e. The van der Waals surface area contributed by atoms with Crippen molar-refractivity contribution in [2.24, 2.45) is 0 Å². The fourth-order valence-corrected chi connectivity index (χ4v) is 1.66. The maximum atomic E-state index is 5.73. The molecule has 1 heterocycles. The first-order chi connectivity index (χ1) is 9.66. The molecule has 0 atom stereocenters. The van der Waals surface area contributed by atoms with Crippen LogP contribution >= 0.6 is 0 Å². The van der Waals surface area contributed by atoms with E-state index < -0.39 is 0 Å². The molecule has 2 aromatic rings. The van der Waals surface area contributed by atoms with Crippen LogP contribution in [0.15, 0.2) is 24.4 Å². The van der Waals surface area contributed by atoms with Gasteiger partial charge in [-0.15, -0.1) is 0 Å². The van der Waals surface area contributed by atoms with Gasteiger partial charge in [-0.25, -0.2) is 4.98 Å². The molecule has 0 fully saturated rings. The molecule has 0 saturated carbocycles. The van der Waals surface area contributed by atoms with Crippen molar-refractivity contribution in [1.29, 1.82) is 0 Å². The van der Waals surface area contributed by atoms with Gasteiger partial charge in [-0.3, -0.25) is 0 Å². The van der Waals surface area contributed by atoms with Gasteiger partial charge in [-0.05, 0) is 0 Å². The van der Waals surface area contributed by atoms with Crippen molar-refractivity contribution in [3.8, 4) is 11.5 Å². The number of nitrogens with zero attached hydrogens (tertiary/aromatic N) is 2. The second kappa shape index (κ2) is 5.96. The number of hydrogen-bond donors (Lipinski definition) is 3. The lowest BCUT2D eigenvalue weighted by atomic mass is 10.3. The molecule has 106 valence electrons. The summed E-state index contributed by atoms with van der Waals surface area (Å²) in [6.07, 6.45) is 1.54. The van der Waals surface area contributed by atoms with Gasteiger partial charge in [-0.1, -0.05) is 0 Å². The van der Waals surface area contributed by atoms with Crippen LogP contribution in [-0.2, 0) is 0 Å². The second-order valence-corrected chi connectivity index (χ2v) is 3.97.